The third-order valence-corrected chi connectivity index (χ3v) is 7.09. The van der Waals surface area contributed by atoms with Gasteiger partial charge in [0.15, 0.2) is 0 Å². The van der Waals surface area contributed by atoms with Crippen LogP contribution in [0, 0.1) is 0 Å². The zero-order valence-corrected chi connectivity index (χ0v) is 20.2. The van der Waals surface area contributed by atoms with Crippen LogP contribution in [0.5, 0.6) is 0 Å². The van der Waals surface area contributed by atoms with E-state index in [0.29, 0.717) is 11.8 Å². The van der Waals surface area contributed by atoms with Crippen LogP contribution in [0.3, 0.4) is 0 Å². The molecule has 0 bridgehead atoms. The molecule has 0 amide bonds. The highest BCUT2D eigenvalue weighted by atomic mass is 15.1. The summed E-state index contributed by atoms with van der Waals surface area (Å²) in [6.45, 7) is 0. The molecule has 0 aliphatic heterocycles. The zero-order chi connectivity index (χ0) is 23.9. The predicted molar refractivity (Wildman–Crippen MR) is 146 cm³/mol. The fourth-order valence-corrected chi connectivity index (χ4v) is 5.02. The van der Waals surface area contributed by atoms with E-state index in [1.54, 1.807) is 0 Å². The molecule has 176 valence electrons. The van der Waals surface area contributed by atoms with Gasteiger partial charge in [-0.2, -0.15) is 0 Å². The topological polar surface area (TPSA) is 35.6 Å². The van der Waals surface area contributed by atoms with Gasteiger partial charge >= 0.3 is 0 Å². The van der Waals surface area contributed by atoms with Crippen LogP contribution < -0.4 is 0 Å². The van der Waals surface area contributed by atoms with E-state index in [1.165, 1.54) is 59.7 Å². The Hall–Kier alpha value is -4.18. The normalized spacial score (nSPS) is 15.1. The minimum Gasteiger partial charge on any atom is -0.296 e. The molecule has 4 heteroatoms. The molecular formula is C32H28N4. The maximum atomic E-state index is 4.81. The minimum atomic E-state index is 0.651. The highest BCUT2D eigenvalue weighted by Crippen LogP contribution is 2.42. The molecule has 4 aromatic carbocycles. The molecule has 2 aliphatic rings. The summed E-state index contributed by atoms with van der Waals surface area (Å²) < 4.78 is 4.62. The monoisotopic (exact) mass is 468 g/mol. The molecule has 36 heavy (non-hydrogen) atoms. The summed E-state index contributed by atoms with van der Waals surface area (Å²) in [5, 5.41) is 0. The summed E-state index contributed by atoms with van der Waals surface area (Å²) in [4.78, 5) is 9.63. The van der Waals surface area contributed by atoms with Gasteiger partial charge in [-0.15, -0.1) is 0 Å². The van der Waals surface area contributed by atoms with E-state index < -0.39 is 0 Å². The maximum Gasteiger partial charge on any atom is 0.117 e. The summed E-state index contributed by atoms with van der Waals surface area (Å²) in [5.74, 6) is 3.75. The van der Waals surface area contributed by atoms with Crippen LogP contribution in [0.15, 0.2) is 109 Å². The van der Waals surface area contributed by atoms with Crippen LogP contribution >= 0.6 is 0 Å². The average Bonchev–Trinajstić information content (AvgIpc) is 3.88. The van der Waals surface area contributed by atoms with E-state index in [1.807, 2.05) is 0 Å². The number of hydrogen-bond acceptors (Lipinski definition) is 2. The third kappa shape index (κ3) is 3.89. The van der Waals surface area contributed by atoms with Gasteiger partial charge < -0.3 is 0 Å². The van der Waals surface area contributed by atoms with E-state index in [0.717, 1.165) is 11.0 Å². The first-order valence-corrected chi connectivity index (χ1v) is 12.9. The Labute approximate surface area is 210 Å². The highest BCUT2D eigenvalue weighted by Gasteiger charge is 2.30. The van der Waals surface area contributed by atoms with E-state index >= 15 is 0 Å². The van der Waals surface area contributed by atoms with Crippen molar-refractivity contribution in [1.29, 1.82) is 0 Å². The lowest BCUT2D eigenvalue weighted by Crippen LogP contribution is -1.99. The number of para-hydroxylation sites is 6. The lowest BCUT2D eigenvalue weighted by atomic mass is 10.2. The molecule has 2 fully saturated rings. The molecule has 2 aliphatic carbocycles. The molecule has 0 atom stereocenters. The van der Waals surface area contributed by atoms with Crippen LogP contribution in [0.4, 0.5) is 0 Å². The maximum absolute atomic E-state index is 4.81. The lowest BCUT2D eigenvalue weighted by molar-refractivity contribution is 0.896. The van der Waals surface area contributed by atoms with Crippen LogP contribution in [0.25, 0.3) is 33.4 Å². The second-order valence-electron chi connectivity index (χ2n) is 9.81. The van der Waals surface area contributed by atoms with Gasteiger partial charge in [-0.25, -0.2) is 9.97 Å². The molecule has 0 spiro atoms. The Morgan fingerprint density at radius 2 is 0.806 bits per heavy atom. The SMILES string of the molecule is c1ccc(-n2c(C3CC3)nc3ccccc32)cc1.c1ccc(-n2c(C3CC3)nc3ccccc32)cc1. The summed E-state index contributed by atoms with van der Waals surface area (Å²) in [6.07, 6.45) is 5.10. The van der Waals surface area contributed by atoms with Crippen molar-refractivity contribution >= 4 is 22.1 Å². The number of imidazole rings is 2. The number of benzene rings is 4. The van der Waals surface area contributed by atoms with Crippen molar-refractivity contribution in [2.24, 2.45) is 0 Å². The van der Waals surface area contributed by atoms with Crippen molar-refractivity contribution in [3.63, 3.8) is 0 Å². The second-order valence-corrected chi connectivity index (χ2v) is 9.81. The predicted octanol–water partition coefficient (Wildman–Crippen LogP) is 7.81. The Morgan fingerprint density at radius 3 is 1.19 bits per heavy atom. The van der Waals surface area contributed by atoms with Gasteiger partial charge in [0.05, 0.1) is 22.1 Å². The van der Waals surface area contributed by atoms with Gasteiger partial charge in [-0.1, -0.05) is 60.7 Å². The molecule has 0 saturated heterocycles. The molecule has 0 radical (unpaired) electrons. The molecule has 0 unspecified atom stereocenters. The number of nitrogens with zero attached hydrogens (tertiary/aromatic N) is 4. The molecule has 2 heterocycles. The van der Waals surface area contributed by atoms with Gasteiger partial charge in [0.2, 0.25) is 0 Å². The first-order chi connectivity index (χ1) is 17.9. The van der Waals surface area contributed by atoms with Crippen molar-refractivity contribution in [3.05, 3.63) is 121 Å². The van der Waals surface area contributed by atoms with Crippen molar-refractivity contribution in [2.75, 3.05) is 0 Å². The third-order valence-electron chi connectivity index (χ3n) is 7.09. The van der Waals surface area contributed by atoms with E-state index in [-0.39, 0.29) is 0 Å². The van der Waals surface area contributed by atoms with Crippen molar-refractivity contribution in [1.82, 2.24) is 19.1 Å². The molecule has 4 nitrogen and oxygen atoms in total. The summed E-state index contributed by atoms with van der Waals surface area (Å²) in [6, 6.07) is 37.8. The Morgan fingerprint density at radius 1 is 0.444 bits per heavy atom. The van der Waals surface area contributed by atoms with Gasteiger partial charge in [-0.05, 0) is 74.2 Å². The van der Waals surface area contributed by atoms with Crippen LogP contribution in [-0.4, -0.2) is 19.1 Å². The molecule has 8 rings (SSSR count). The molecule has 2 saturated carbocycles. The minimum absolute atomic E-state index is 0.651. The number of hydrogen-bond donors (Lipinski definition) is 0. The molecule has 0 N–H and O–H groups in total. The van der Waals surface area contributed by atoms with Gasteiger partial charge in [0, 0.05) is 23.2 Å². The van der Waals surface area contributed by atoms with Gasteiger partial charge in [0.25, 0.3) is 0 Å². The highest BCUT2D eigenvalue weighted by molar-refractivity contribution is 5.79. The van der Waals surface area contributed by atoms with Crippen molar-refractivity contribution < 1.29 is 0 Å². The second kappa shape index (κ2) is 8.80. The van der Waals surface area contributed by atoms with E-state index in [4.69, 9.17) is 9.97 Å². The smallest absolute Gasteiger partial charge is 0.117 e. The first-order valence-electron chi connectivity index (χ1n) is 12.9. The van der Waals surface area contributed by atoms with E-state index in [2.05, 4.69) is 118 Å². The number of aromatic nitrogens is 4. The van der Waals surface area contributed by atoms with E-state index in [9.17, 15) is 0 Å². The molecular weight excluding hydrogens is 440 g/mol. The van der Waals surface area contributed by atoms with Crippen molar-refractivity contribution in [3.8, 4) is 11.4 Å². The largest absolute Gasteiger partial charge is 0.296 e. The van der Waals surface area contributed by atoms with Crippen LogP contribution in [-0.2, 0) is 0 Å². The van der Waals surface area contributed by atoms with Crippen molar-refractivity contribution in [2.45, 2.75) is 37.5 Å². The standard InChI is InChI=1S/2C16H14N2/c2*1-2-6-13(7-3-1)18-15-9-5-4-8-14(15)17-16(18)12-10-11-12/h2*1-9,12H,10-11H2. The Kier molecular flexibility index (Phi) is 5.16. The lowest BCUT2D eigenvalue weighted by Gasteiger charge is -2.08. The molecule has 6 aromatic rings. The van der Waals surface area contributed by atoms with Crippen LogP contribution in [0.2, 0.25) is 0 Å². The quantitative estimate of drug-likeness (QED) is 0.264. The zero-order valence-electron chi connectivity index (χ0n) is 20.2. The summed E-state index contributed by atoms with van der Waals surface area (Å²) in [5.41, 5.74) is 7.06. The summed E-state index contributed by atoms with van der Waals surface area (Å²) >= 11 is 0. The number of fused-ring (bicyclic) bond motifs is 2. The van der Waals surface area contributed by atoms with Crippen LogP contribution in [0.1, 0.15) is 49.2 Å². The Bertz CT molecular complexity index is 1510. The fourth-order valence-electron chi connectivity index (χ4n) is 5.02. The number of rotatable bonds is 4. The van der Waals surface area contributed by atoms with Gasteiger partial charge in [0.1, 0.15) is 11.6 Å². The molecule has 2 aromatic heterocycles. The van der Waals surface area contributed by atoms with Gasteiger partial charge in [-0.3, -0.25) is 9.13 Å². The fraction of sp³-hybridized carbons (Fsp3) is 0.188. The summed E-state index contributed by atoms with van der Waals surface area (Å²) in [7, 11) is 0. The Balaban J connectivity index is 0.000000122. The average molecular weight is 469 g/mol. The first kappa shape index (κ1) is 21.1.